The molecular weight excluding hydrogens is 187 g/mol. The molecule has 2 heteroatoms. The first-order valence-corrected chi connectivity index (χ1v) is 4.11. The summed E-state index contributed by atoms with van der Waals surface area (Å²) in [6.45, 7) is 1.77. The predicted molar refractivity (Wildman–Crippen MR) is 42.5 cm³/mol. The van der Waals surface area contributed by atoms with E-state index in [9.17, 15) is 5.11 Å². The SMILES string of the molecule is C[C@H](O)c1ccccc1[As]. The van der Waals surface area contributed by atoms with E-state index in [2.05, 4.69) is 16.9 Å². The van der Waals surface area contributed by atoms with Gasteiger partial charge in [-0.15, -0.1) is 0 Å². The van der Waals surface area contributed by atoms with Crippen molar-refractivity contribution >= 4 is 21.2 Å². The minimum absolute atomic E-state index is 0.362. The Kier molecular flexibility index (Phi) is 2.53. The van der Waals surface area contributed by atoms with E-state index >= 15 is 0 Å². The molecular formula is C8H9AsO. The maximum atomic E-state index is 9.19. The first-order valence-electron chi connectivity index (χ1n) is 3.18. The average Bonchev–Trinajstić information content (AvgIpc) is 1.88. The summed E-state index contributed by atoms with van der Waals surface area (Å²) in [6.07, 6.45) is -0.362. The Balaban J connectivity index is 3.03. The fourth-order valence-electron chi connectivity index (χ4n) is 0.841. The molecule has 52 valence electrons. The van der Waals surface area contributed by atoms with Crippen molar-refractivity contribution in [2.75, 3.05) is 0 Å². The molecule has 0 saturated heterocycles. The van der Waals surface area contributed by atoms with Gasteiger partial charge in [-0.3, -0.25) is 0 Å². The fraction of sp³-hybridized carbons (Fsp3) is 0.250. The van der Waals surface area contributed by atoms with Crippen molar-refractivity contribution < 1.29 is 5.11 Å². The fourth-order valence-corrected chi connectivity index (χ4v) is 1.57. The summed E-state index contributed by atoms with van der Waals surface area (Å²) in [5.74, 6) is 0. The Morgan fingerprint density at radius 3 is 2.40 bits per heavy atom. The summed E-state index contributed by atoms with van der Waals surface area (Å²) < 4.78 is 1.09. The first-order chi connectivity index (χ1) is 4.72. The van der Waals surface area contributed by atoms with Gasteiger partial charge in [-0.25, -0.2) is 0 Å². The van der Waals surface area contributed by atoms with Crippen LogP contribution in [0.1, 0.15) is 18.6 Å². The molecule has 1 N–H and O–H groups in total. The van der Waals surface area contributed by atoms with Gasteiger partial charge in [0.05, 0.1) is 0 Å². The molecule has 1 rings (SSSR count). The third-order valence-corrected chi connectivity index (χ3v) is 2.24. The van der Waals surface area contributed by atoms with Crippen LogP contribution in [0.25, 0.3) is 0 Å². The van der Waals surface area contributed by atoms with Crippen LogP contribution in [-0.4, -0.2) is 22.0 Å². The van der Waals surface area contributed by atoms with Crippen molar-refractivity contribution in [3.63, 3.8) is 0 Å². The quantitative estimate of drug-likeness (QED) is 0.649. The number of aliphatic hydroxyl groups excluding tert-OH is 1. The molecule has 0 heterocycles. The van der Waals surface area contributed by atoms with Gasteiger partial charge in [0.25, 0.3) is 0 Å². The number of aliphatic hydroxyl groups is 1. The summed E-state index contributed by atoms with van der Waals surface area (Å²) in [5.41, 5.74) is 0.988. The van der Waals surface area contributed by atoms with E-state index in [1.807, 2.05) is 24.3 Å². The molecule has 1 aromatic carbocycles. The molecule has 0 spiro atoms. The molecule has 0 aliphatic rings. The zero-order valence-corrected chi connectivity index (χ0v) is 7.66. The van der Waals surface area contributed by atoms with Gasteiger partial charge in [0.1, 0.15) is 0 Å². The van der Waals surface area contributed by atoms with Crippen LogP contribution in [0.4, 0.5) is 0 Å². The topological polar surface area (TPSA) is 20.2 Å². The van der Waals surface area contributed by atoms with E-state index in [0.29, 0.717) is 0 Å². The molecule has 1 aromatic rings. The van der Waals surface area contributed by atoms with Crippen molar-refractivity contribution in [1.82, 2.24) is 0 Å². The molecule has 10 heavy (non-hydrogen) atoms. The van der Waals surface area contributed by atoms with Crippen LogP contribution in [-0.2, 0) is 0 Å². The Morgan fingerprint density at radius 1 is 1.40 bits per heavy atom. The van der Waals surface area contributed by atoms with Gasteiger partial charge in [-0.05, 0) is 0 Å². The molecule has 0 fully saturated rings. The van der Waals surface area contributed by atoms with E-state index in [-0.39, 0.29) is 6.10 Å². The van der Waals surface area contributed by atoms with Crippen LogP contribution in [0.5, 0.6) is 0 Å². The van der Waals surface area contributed by atoms with Crippen LogP contribution >= 0.6 is 0 Å². The van der Waals surface area contributed by atoms with Crippen molar-refractivity contribution in [2.24, 2.45) is 0 Å². The molecule has 1 atom stereocenters. The van der Waals surface area contributed by atoms with Crippen LogP contribution in [0, 0.1) is 0 Å². The molecule has 0 saturated carbocycles. The summed E-state index contributed by atoms with van der Waals surface area (Å²) in [6, 6.07) is 7.79. The normalized spacial score (nSPS) is 13.1. The zero-order chi connectivity index (χ0) is 7.56. The minimum atomic E-state index is -0.362. The number of rotatable bonds is 1. The van der Waals surface area contributed by atoms with Crippen molar-refractivity contribution in [1.29, 1.82) is 0 Å². The van der Waals surface area contributed by atoms with Crippen LogP contribution in [0.3, 0.4) is 0 Å². The third-order valence-electron chi connectivity index (χ3n) is 1.39. The zero-order valence-electron chi connectivity index (χ0n) is 5.78. The van der Waals surface area contributed by atoms with Crippen molar-refractivity contribution in [3.8, 4) is 0 Å². The number of hydrogen-bond acceptors (Lipinski definition) is 1. The van der Waals surface area contributed by atoms with Crippen LogP contribution < -0.4 is 4.35 Å². The number of benzene rings is 1. The van der Waals surface area contributed by atoms with Gasteiger partial charge < -0.3 is 0 Å². The Hall–Kier alpha value is -0.262. The molecule has 1 nitrogen and oxygen atoms in total. The van der Waals surface area contributed by atoms with Crippen molar-refractivity contribution in [3.05, 3.63) is 29.8 Å². The molecule has 0 amide bonds. The predicted octanol–water partition coefficient (Wildman–Crippen LogP) is 0.534. The van der Waals surface area contributed by atoms with Gasteiger partial charge in [0, 0.05) is 0 Å². The summed E-state index contributed by atoms with van der Waals surface area (Å²) in [7, 11) is 0. The average molecular weight is 196 g/mol. The van der Waals surface area contributed by atoms with E-state index in [4.69, 9.17) is 0 Å². The summed E-state index contributed by atoms with van der Waals surface area (Å²) in [5, 5.41) is 9.19. The number of hydrogen-bond donors (Lipinski definition) is 1. The molecule has 0 aliphatic carbocycles. The Labute approximate surface area is 69.6 Å². The van der Waals surface area contributed by atoms with Crippen molar-refractivity contribution in [2.45, 2.75) is 13.0 Å². The second-order valence-corrected chi connectivity index (χ2v) is 3.25. The van der Waals surface area contributed by atoms with E-state index in [1.54, 1.807) is 6.92 Å². The van der Waals surface area contributed by atoms with Gasteiger partial charge in [0.15, 0.2) is 0 Å². The van der Waals surface area contributed by atoms with Crippen LogP contribution in [0.2, 0.25) is 0 Å². The Bertz CT molecular complexity index is 220. The summed E-state index contributed by atoms with van der Waals surface area (Å²) in [4.78, 5) is 0. The maximum absolute atomic E-state index is 9.19. The molecule has 2 radical (unpaired) electrons. The van der Waals surface area contributed by atoms with Gasteiger partial charge >= 0.3 is 69.2 Å². The van der Waals surface area contributed by atoms with Gasteiger partial charge in [-0.2, -0.15) is 0 Å². The first kappa shape index (κ1) is 7.84. The molecule has 0 bridgehead atoms. The second-order valence-electron chi connectivity index (χ2n) is 2.23. The standard InChI is InChI=1S/C8H9AsO/c1-6(10)7-4-2-3-5-8(7)9/h2-6,10H,1H3/t6-/m0/s1. The van der Waals surface area contributed by atoms with Gasteiger partial charge in [0.2, 0.25) is 0 Å². The third kappa shape index (κ3) is 1.62. The van der Waals surface area contributed by atoms with E-state index < -0.39 is 0 Å². The summed E-state index contributed by atoms with van der Waals surface area (Å²) >= 11 is 2.45. The van der Waals surface area contributed by atoms with Crippen LogP contribution in [0.15, 0.2) is 24.3 Å². The monoisotopic (exact) mass is 196 g/mol. The van der Waals surface area contributed by atoms with E-state index in [0.717, 1.165) is 9.91 Å². The molecule has 0 aromatic heterocycles. The second kappa shape index (κ2) is 3.22. The molecule has 0 unspecified atom stereocenters. The van der Waals surface area contributed by atoms with E-state index in [1.165, 1.54) is 0 Å². The Morgan fingerprint density at radius 2 is 2.00 bits per heavy atom. The molecule has 0 aliphatic heterocycles. The van der Waals surface area contributed by atoms with Gasteiger partial charge in [-0.1, -0.05) is 0 Å².